The van der Waals surface area contributed by atoms with Crippen LogP contribution in [-0.2, 0) is 16.1 Å². The molecule has 2 aromatic carbocycles. The minimum absolute atomic E-state index is 0.283. The summed E-state index contributed by atoms with van der Waals surface area (Å²) in [5.41, 5.74) is 2.48. The van der Waals surface area contributed by atoms with Gasteiger partial charge in [0.1, 0.15) is 6.42 Å². The summed E-state index contributed by atoms with van der Waals surface area (Å²) in [6.45, 7) is 2.36. The molecular formula is C17H16Cl2N2O2. The van der Waals surface area contributed by atoms with Gasteiger partial charge in [0.2, 0.25) is 11.8 Å². The zero-order chi connectivity index (χ0) is 16.8. The number of halogens is 2. The van der Waals surface area contributed by atoms with Crippen LogP contribution in [0, 0.1) is 6.92 Å². The Kier molecular flexibility index (Phi) is 6.02. The third kappa shape index (κ3) is 5.58. The molecule has 4 nitrogen and oxygen atoms in total. The minimum atomic E-state index is -0.448. The van der Waals surface area contributed by atoms with Crippen molar-refractivity contribution in [1.82, 2.24) is 5.32 Å². The summed E-state index contributed by atoms with van der Waals surface area (Å²) in [6.07, 6.45) is -0.283. The zero-order valence-electron chi connectivity index (χ0n) is 12.5. The Morgan fingerprint density at radius 1 is 1.04 bits per heavy atom. The van der Waals surface area contributed by atoms with E-state index in [1.165, 1.54) is 6.07 Å². The van der Waals surface area contributed by atoms with Crippen molar-refractivity contribution in [3.05, 3.63) is 63.6 Å². The van der Waals surface area contributed by atoms with Gasteiger partial charge in [-0.15, -0.1) is 0 Å². The fraction of sp³-hybridized carbons (Fsp3) is 0.176. The lowest BCUT2D eigenvalue weighted by atomic mass is 10.1. The summed E-state index contributed by atoms with van der Waals surface area (Å²) in [7, 11) is 0. The maximum atomic E-state index is 11.9. The van der Waals surface area contributed by atoms with Crippen LogP contribution in [0.5, 0.6) is 0 Å². The molecule has 2 rings (SSSR count). The van der Waals surface area contributed by atoms with Gasteiger partial charge in [0.05, 0.1) is 10.7 Å². The monoisotopic (exact) mass is 350 g/mol. The highest BCUT2D eigenvalue weighted by molar-refractivity contribution is 6.35. The van der Waals surface area contributed by atoms with Crippen LogP contribution < -0.4 is 10.6 Å². The Bertz CT molecular complexity index is 732. The number of anilines is 1. The van der Waals surface area contributed by atoms with Gasteiger partial charge in [-0.2, -0.15) is 0 Å². The lowest BCUT2D eigenvalue weighted by molar-refractivity contribution is -0.126. The fourth-order valence-corrected chi connectivity index (χ4v) is 2.36. The average molecular weight is 351 g/mol. The Labute approximate surface area is 144 Å². The molecular weight excluding hydrogens is 335 g/mol. The van der Waals surface area contributed by atoms with Crippen LogP contribution in [-0.4, -0.2) is 11.8 Å². The molecule has 0 spiro atoms. The van der Waals surface area contributed by atoms with Gasteiger partial charge in [0.25, 0.3) is 0 Å². The number of rotatable bonds is 5. The molecule has 0 heterocycles. The first kappa shape index (κ1) is 17.3. The molecule has 0 atom stereocenters. The highest BCUT2D eigenvalue weighted by Gasteiger charge is 2.11. The number of amides is 2. The van der Waals surface area contributed by atoms with Gasteiger partial charge in [-0.05, 0) is 30.7 Å². The number of carbonyl (C=O) groups excluding carboxylic acids is 2. The molecule has 0 radical (unpaired) electrons. The van der Waals surface area contributed by atoms with Crippen molar-refractivity contribution in [2.75, 3.05) is 5.32 Å². The van der Waals surface area contributed by atoms with Crippen LogP contribution in [0.4, 0.5) is 5.69 Å². The Balaban J connectivity index is 1.85. The Morgan fingerprint density at radius 3 is 2.57 bits per heavy atom. The largest absolute Gasteiger partial charge is 0.352 e. The summed E-state index contributed by atoms with van der Waals surface area (Å²) in [5, 5.41) is 6.10. The predicted octanol–water partition coefficient (Wildman–Crippen LogP) is 3.95. The van der Waals surface area contributed by atoms with Crippen LogP contribution in [0.1, 0.15) is 17.5 Å². The number of nitrogens with one attached hydrogen (secondary N) is 2. The van der Waals surface area contributed by atoms with Crippen molar-refractivity contribution in [3.8, 4) is 0 Å². The van der Waals surface area contributed by atoms with E-state index in [9.17, 15) is 9.59 Å². The second-order valence-corrected chi connectivity index (χ2v) is 5.96. The van der Waals surface area contributed by atoms with Crippen molar-refractivity contribution in [2.24, 2.45) is 0 Å². The van der Waals surface area contributed by atoms with Gasteiger partial charge in [-0.25, -0.2) is 0 Å². The van der Waals surface area contributed by atoms with E-state index >= 15 is 0 Å². The molecule has 0 aliphatic rings. The van der Waals surface area contributed by atoms with E-state index in [-0.39, 0.29) is 12.3 Å². The van der Waals surface area contributed by atoms with E-state index in [2.05, 4.69) is 10.6 Å². The molecule has 120 valence electrons. The quantitative estimate of drug-likeness (QED) is 0.802. The predicted molar refractivity (Wildman–Crippen MR) is 92.7 cm³/mol. The SMILES string of the molecule is Cc1cccc(CNC(=O)CC(=O)Nc2cc(Cl)ccc2Cl)c1. The van der Waals surface area contributed by atoms with Crippen LogP contribution in [0.2, 0.25) is 10.0 Å². The van der Waals surface area contributed by atoms with E-state index < -0.39 is 5.91 Å². The maximum Gasteiger partial charge on any atom is 0.233 e. The molecule has 0 aliphatic carbocycles. The molecule has 0 fully saturated rings. The molecule has 0 bridgehead atoms. The first-order chi connectivity index (χ1) is 10.9. The van der Waals surface area contributed by atoms with Crippen molar-refractivity contribution in [3.63, 3.8) is 0 Å². The third-order valence-corrected chi connectivity index (χ3v) is 3.66. The smallest absolute Gasteiger partial charge is 0.233 e. The van der Waals surface area contributed by atoms with Gasteiger partial charge in [-0.1, -0.05) is 53.0 Å². The second-order valence-electron chi connectivity index (χ2n) is 5.11. The van der Waals surface area contributed by atoms with Crippen LogP contribution >= 0.6 is 23.2 Å². The topological polar surface area (TPSA) is 58.2 Å². The summed E-state index contributed by atoms with van der Waals surface area (Å²) in [5.74, 6) is -0.807. The Morgan fingerprint density at radius 2 is 1.83 bits per heavy atom. The molecule has 2 N–H and O–H groups in total. The number of carbonyl (C=O) groups is 2. The standard InChI is InChI=1S/C17H16Cl2N2O2/c1-11-3-2-4-12(7-11)10-20-16(22)9-17(23)21-15-8-13(18)5-6-14(15)19/h2-8H,9-10H2,1H3,(H,20,22)(H,21,23). The molecule has 0 unspecified atom stereocenters. The zero-order valence-corrected chi connectivity index (χ0v) is 14.0. The lowest BCUT2D eigenvalue weighted by Gasteiger charge is -2.09. The van der Waals surface area contributed by atoms with Gasteiger partial charge in [0, 0.05) is 11.6 Å². The molecule has 0 saturated carbocycles. The summed E-state index contributed by atoms with van der Waals surface area (Å²) >= 11 is 11.8. The first-order valence-corrected chi connectivity index (χ1v) is 7.77. The van der Waals surface area contributed by atoms with Crippen molar-refractivity contribution in [2.45, 2.75) is 19.9 Å². The lowest BCUT2D eigenvalue weighted by Crippen LogP contribution is -2.27. The van der Waals surface area contributed by atoms with Crippen LogP contribution in [0.15, 0.2) is 42.5 Å². The van der Waals surface area contributed by atoms with Crippen LogP contribution in [0.25, 0.3) is 0 Å². The maximum absolute atomic E-state index is 11.9. The molecule has 2 aromatic rings. The van der Waals surface area contributed by atoms with Gasteiger partial charge < -0.3 is 10.6 Å². The fourth-order valence-electron chi connectivity index (χ4n) is 2.02. The van der Waals surface area contributed by atoms with Crippen LogP contribution in [0.3, 0.4) is 0 Å². The molecule has 23 heavy (non-hydrogen) atoms. The molecule has 6 heteroatoms. The highest BCUT2D eigenvalue weighted by Crippen LogP contribution is 2.25. The van der Waals surface area contributed by atoms with E-state index in [0.29, 0.717) is 22.3 Å². The molecule has 0 saturated heterocycles. The normalized spacial score (nSPS) is 10.2. The minimum Gasteiger partial charge on any atom is -0.352 e. The van der Waals surface area contributed by atoms with Gasteiger partial charge in [0.15, 0.2) is 0 Å². The number of benzene rings is 2. The molecule has 0 aliphatic heterocycles. The van der Waals surface area contributed by atoms with Crippen molar-refractivity contribution in [1.29, 1.82) is 0 Å². The summed E-state index contributed by atoms with van der Waals surface area (Å²) in [4.78, 5) is 23.7. The summed E-state index contributed by atoms with van der Waals surface area (Å²) < 4.78 is 0. The third-order valence-electron chi connectivity index (χ3n) is 3.10. The summed E-state index contributed by atoms with van der Waals surface area (Å²) in [6, 6.07) is 12.5. The van der Waals surface area contributed by atoms with Gasteiger partial charge >= 0.3 is 0 Å². The van der Waals surface area contributed by atoms with Gasteiger partial charge in [-0.3, -0.25) is 9.59 Å². The van der Waals surface area contributed by atoms with E-state index in [1.54, 1.807) is 12.1 Å². The molecule has 0 aromatic heterocycles. The average Bonchev–Trinajstić information content (AvgIpc) is 2.49. The number of hydrogen-bond donors (Lipinski definition) is 2. The number of hydrogen-bond acceptors (Lipinski definition) is 2. The first-order valence-electron chi connectivity index (χ1n) is 7.01. The van der Waals surface area contributed by atoms with E-state index in [0.717, 1.165) is 11.1 Å². The molecule has 2 amide bonds. The van der Waals surface area contributed by atoms with Crippen molar-refractivity contribution >= 4 is 40.7 Å². The van der Waals surface area contributed by atoms with E-state index in [4.69, 9.17) is 23.2 Å². The second kappa shape index (κ2) is 7.99. The van der Waals surface area contributed by atoms with Crippen molar-refractivity contribution < 1.29 is 9.59 Å². The Hall–Kier alpha value is -2.04. The number of aryl methyl sites for hydroxylation is 1. The van der Waals surface area contributed by atoms with E-state index in [1.807, 2.05) is 31.2 Å². The highest BCUT2D eigenvalue weighted by atomic mass is 35.5.